The van der Waals surface area contributed by atoms with Crippen LogP contribution in [0.5, 0.6) is 5.75 Å². The summed E-state index contributed by atoms with van der Waals surface area (Å²) in [4.78, 5) is 122. The number of amidine groups is 4. The second kappa shape index (κ2) is 52.5. The van der Waals surface area contributed by atoms with Crippen LogP contribution in [0.2, 0.25) is 0 Å². The third-order valence-corrected chi connectivity index (χ3v) is 25.0. The molecule has 0 radical (unpaired) electrons. The highest BCUT2D eigenvalue weighted by Gasteiger charge is 2.71. The number of halogens is 7. The molecule has 149 heavy (non-hydrogen) atoms. The molecule has 57 heteroatoms. The molecule has 1 amide bonds. The van der Waals surface area contributed by atoms with Crippen LogP contribution in [-0.4, -0.2) is 306 Å². The van der Waals surface area contributed by atoms with E-state index in [2.05, 4.69) is 89.9 Å². The van der Waals surface area contributed by atoms with Gasteiger partial charge in [0.15, 0.2) is 72.4 Å². The molecule has 21 atom stereocenters. The minimum absolute atomic E-state index is 0.00893. The highest BCUT2D eigenvalue weighted by Crippen LogP contribution is 2.52. The van der Waals surface area contributed by atoms with Crippen LogP contribution in [0.1, 0.15) is 118 Å². The van der Waals surface area contributed by atoms with E-state index in [-0.39, 0.29) is 77.6 Å². The summed E-state index contributed by atoms with van der Waals surface area (Å²) in [6, 6.07) is 5.03. The Morgan fingerprint density at radius 3 is 1.48 bits per heavy atom. The molecule has 0 spiro atoms. The van der Waals surface area contributed by atoms with E-state index >= 15 is 17.6 Å². The Kier molecular flexibility index (Phi) is 42.1. The van der Waals surface area contributed by atoms with Gasteiger partial charge in [0.05, 0.1) is 64.7 Å². The van der Waals surface area contributed by atoms with Gasteiger partial charge in [-0.2, -0.15) is 13.9 Å². The molecule has 11 rings (SSSR count). The summed E-state index contributed by atoms with van der Waals surface area (Å²) >= 11 is 6.08. The van der Waals surface area contributed by atoms with Crippen molar-refractivity contribution in [1.82, 2.24) is 34.9 Å². The minimum atomic E-state index is -4.49. The molecular weight excluding hydrogens is 2030 g/mol. The number of hydrogen-bond acceptors (Lipinski definition) is 43. The number of aliphatic imine (C=N–C) groups is 4. The lowest BCUT2D eigenvalue weighted by atomic mass is 9.88. The van der Waals surface area contributed by atoms with Gasteiger partial charge < -0.3 is 140 Å². The third-order valence-electron chi connectivity index (χ3n) is 23.0. The number of nitrogens with two attached hydrogens (primary N) is 5. The summed E-state index contributed by atoms with van der Waals surface area (Å²) in [6.45, 7) is 35.6. The first-order valence-electron chi connectivity index (χ1n) is 47.0. The van der Waals surface area contributed by atoms with Crippen molar-refractivity contribution in [2.24, 2.45) is 82.5 Å². The predicted octanol–water partition coefficient (Wildman–Crippen LogP) is 6.99. The fourth-order valence-corrected chi connectivity index (χ4v) is 16.4. The fraction of sp³-hybridized carbons (Fsp3) is 0.565. The number of benzene rings is 1. The maximum Gasteiger partial charge on any atom is 0.459 e. The number of aliphatic hydroxyl groups excluding tert-OH is 3. The van der Waals surface area contributed by atoms with Crippen molar-refractivity contribution >= 4 is 90.4 Å². The van der Waals surface area contributed by atoms with E-state index in [1.165, 1.54) is 136 Å². The summed E-state index contributed by atoms with van der Waals surface area (Å²) in [5, 5.41) is 54.0. The van der Waals surface area contributed by atoms with E-state index in [0.717, 1.165) is 22.6 Å². The Balaban J connectivity index is 0.000000258. The normalized spacial score (nSPS) is 29.9. The van der Waals surface area contributed by atoms with E-state index in [9.17, 15) is 72.1 Å². The summed E-state index contributed by atoms with van der Waals surface area (Å²) in [7, 11) is -4.49. The molecule has 10 heterocycles. The molecule has 10 aliphatic heterocycles. The largest absolute Gasteiger partial charge is 0.462 e. The second-order valence-electron chi connectivity index (χ2n) is 36.1. The molecular formula is C92H128ClF6N22O27P. The molecule has 49 nitrogen and oxygen atoms in total. The van der Waals surface area contributed by atoms with Crippen molar-refractivity contribution in [3.63, 3.8) is 0 Å². The van der Waals surface area contributed by atoms with Crippen LogP contribution in [-0.2, 0) is 111 Å². The number of rotatable bonds is 38. The van der Waals surface area contributed by atoms with Crippen molar-refractivity contribution in [2.45, 2.75) is 248 Å². The van der Waals surface area contributed by atoms with Gasteiger partial charge in [0.2, 0.25) is 12.3 Å². The van der Waals surface area contributed by atoms with Gasteiger partial charge in [0.1, 0.15) is 120 Å². The minimum Gasteiger partial charge on any atom is -0.462 e. The van der Waals surface area contributed by atoms with Gasteiger partial charge in [-0.05, 0) is 80.8 Å². The van der Waals surface area contributed by atoms with Crippen LogP contribution < -0.4 is 43.6 Å². The smallest absolute Gasteiger partial charge is 0.459 e. The van der Waals surface area contributed by atoms with E-state index in [1.54, 1.807) is 60.6 Å². The van der Waals surface area contributed by atoms with Gasteiger partial charge in [0, 0.05) is 66.3 Å². The molecule has 0 aliphatic carbocycles. The monoisotopic (exact) mass is 2150 g/mol. The molecule has 0 bridgehead atoms. The van der Waals surface area contributed by atoms with Crippen LogP contribution in [0.15, 0.2) is 190 Å². The van der Waals surface area contributed by atoms with Crippen LogP contribution in [0, 0.1) is 23.7 Å². The number of amides is 1. The summed E-state index contributed by atoms with van der Waals surface area (Å²) in [5.74, 6) is -11.5. The zero-order valence-electron chi connectivity index (χ0n) is 86.0. The number of esters is 7. The highest BCUT2D eigenvalue weighted by molar-refractivity contribution is 7.52. The highest BCUT2D eigenvalue weighted by atomic mass is 35.5. The number of carbonyl (C=O) groups is 8. The van der Waals surface area contributed by atoms with Gasteiger partial charge in [-0.15, -0.1) is 11.6 Å². The number of hydrogen-bond donors (Lipinski definition) is 11. The predicted molar refractivity (Wildman–Crippen MR) is 522 cm³/mol. The molecule has 0 aromatic heterocycles. The Morgan fingerprint density at radius 1 is 0.617 bits per heavy atom. The lowest BCUT2D eigenvalue weighted by Gasteiger charge is -2.37. The number of azide groups is 2. The van der Waals surface area contributed by atoms with Crippen LogP contribution in [0.3, 0.4) is 0 Å². The van der Waals surface area contributed by atoms with Crippen molar-refractivity contribution in [1.29, 1.82) is 0 Å². The number of alkyl halides is 7. The molecule has 10 aliphatic rings. The SMILES string of the molecule is C=C1N=C(N)C=CN1[C@@H]1O[C@@](CO)(CN=[N+]=[N-])[C@@H](OC(=O)C(C)C)[C@H]1F.C=C1N=C(N)C=CN1[C@@H]1O[C@](CN=[N+]=[N-])(COC(=O)C(C)C)[C@@H](O)[C@H]1F.C=C1NC(=O)C=CN1[C@@H]1O[C@](CF)(COP(=O)(NC(C)C(=O)OC(C)C)Oc2ccc(CN)cc2)[C@@H](O)[C@@]1(C)O.C=C[C@]1(COC(=O)CC)O[C@@H](N2C=CC(N)=NC2=C)C(F)(F)[C@@H]1OC(=O)CC.[2H]C([2H])(OC(=O)C(C)C)[C@@]1(CCl)O[C@@H](N2C=CC(N)=NC2=C)[C@H](F)[C@@H]1OC(=O)C(C)C. The maximum atomic E-state index is 15.7. The number of ether oxygens (including phenoxy) is 12. The topological polar surface area (TPSA) is 681 Å². The average molecular weight is 2160 g/mol. The Labute approximate surface area is 861 Å². The van der Waals surface area contributed by atoms with Crippen LogP contribution in [0.4, 0.5) is 26.3 Å². The molecule has 1 aromatic rings. The first-order valence-corrected chi connectivity index (χ1v) is 48.1. The van der Waals surface area contributed by atoms with E-state index < -0.39 is 270 Å². The first-order chi connectivity index (χ1) is 70.5. The van der Waals surface area contributed by atoms with Crippen molar-refractivity contribution in [3.8, 4) is 5.75 Å². The Bertz CT molecular complexity index is 5630. The summed E-state index contributed by atoms with van der Waals surface area (Å²) < 4.78 is 197. The number of nitrogens with one attached hydrogen (secondary N) is 2. The lowest BCUT2D eigenvalue weighted by Crippen LogP contribution is -2.55. The van der Waals surface area contributed by atoms with E-state index in [4.69, 9.17) is 120 Å². The molecule has 822 valence electrons. The Hall–Kier alpha value is -13.0. The van der Waals surface area contributed by atoms with Crippen molar-refractivity contribution in [3.05, 3.63) is 187 Å². The van der Waals surface area contributed by atoms with Gasteiger partial charge in [-0.1, -0.05) is 137 Å². The molecule has 2 unspecified atom stereocenters. The number of aliphatic hydroxyl groups is 4. The molecule has 5 fully saturated rings. The van der Waals surface area contributed by atoms with Crippen molar-refractivity contribution in [2.75, 3.05) is 58.6 Å². The molecule has 0 saturated carbocycles. The zero-order chi connectivity index (χ0) is 114. The summed E-state index contributed by atoms with van der Waals surface area (Å²) in [6.07, 6.45) is -8.57. The second-order valence-corrected chi connectivity index (χ2v) is 38.1. The van der Waals surface area contributed by atoms with Gasteiger partial charge in [0.25, 0.3) is 5.91 Å². The maximum absolute atomic E-state index is 15.7. The lowest BCUT2D eigenvalue weighted by molar-refractivity contribution is -0.180. The van der Waals surface area contributed by atoms with E-state index in [0.29, 0.717) is 0 Å². The zero-order valence-corrected chi connectivity index (χ0v) is 85.7. The van der Waals surface area contributed by atoms with Gasteiger partial charge in [-0.3, -0.25) is 42.9 Å². The standard InChI is InChI=1S/C25H36FN4O9P.C19H27ClFN3O5.C18H23F2N3O5.2C15H21FN6O4/c1-15(2)37-21(32)16(3)29-40(35,39-19-8-6-18(12-27)7-9-19)36-14-25(13-26)22(33)24(5,34)23(38-25)30-11-10-20(31)28-17(30)4;1-10(2)17(25)27-9-19(8-20)15(28-18(26)11(3)4)14(21)16(29-19)24-7-6-13(22)23-12(24)5;1-5-13(24)26-10-17(7-3)15(27-14(25)6-2)18(19,20)16(28-17)23-9-8-12(21)22-11(23)4;1-8(2)14(24)25-7-15(6-19-21-18)12(23)11(16)13(26-15)22-5-4-10(17)20-9(22)3;1-8(2)14(24)25-12-11(16)13(22-5-4-10(17)20-9(22)3)26-15(12,7-23)6-19-21-18/h6-11,15-16,22-23,33-34H,4,12-14,27H2,1-3,5H3,(H,28,31)(H,29,35);6-7,10-11,14-16H,5,8-9H2,1-4H3,(H2,22,23);7-9,15-16H,3-6,10H2,1-2H3,(H2,21,22);2*4-5,8,11-13,23H,3,6-7H2,1-2H3,(H2,17,20)/t16?,22-,23+,24+,25+,40?;14-,15+,16-,19-;15-,16-,17-;2*11-,12+,13-,15-/m01111/s1/i;9D2;;;. The molecule has 5 saturated heterocycles. The van der Waals surface area contributed by atoms with Crippen LogP contribution in [0.25, 0.3) is 20.9 Å². The Morgan fingerprint density at radius 2 is 1.06 bits per heavy atom. The van der Waals surface area contributed by atoms with E-state index in [1.807, 2.05) is 0 Å². The molecule has 16 N–H and O–H groups in total. The fourth-order valence-electron chi connectivity index (χ4n) is 14.6. The van der Waals surface area contributed by atoms with Crippen molar-refractivity contribution < 1.29 is 158 Å². The average Bonchev–Trinajstić information content (AvgIpc) is 1.58. The number of carbonyl (C=O) groups excluding carboxylic acids is 8. The summed E-state index contributed by atoms with van der Waals surface area (Å²) in [5.41, 5.74) is 33.7. The first kappa shape index (κ1) is 120. The molecule has 1 aromatic carbocycles. The van der Waals surface area contributed by atoms with Gasteiger partial charge >= 0.3 is 55.5 Å². The number of nitrogens with zero attached hydrogens (tertiary/aromatic N) is 15. The third kappa shape index (κ3) is 29.6. The van der Waals surface area contributed by atoms with Gasteiger partial charge in [-0.25, -0.2) is 42.1 Å². The quantitative estimate of drug-likeness (QED) is 0.00366. The van der Waals surface area contributed by atoms with Crippen LogP contribution >= 0.6 is 19.3 Å².